The van der Waals surface area contributed by atoms with E-state index in [1.807, 2.05) is 20.8 Å². The molecule has 6 nitrogen and oxygen atoms in total. The molecule has 0 unspecified atom stereocenters. The van der Waals surface area contributed by atoms with E-state index in [0.29, 0.717) is 24.7 Å². The average Bonchev–Trinajstić information content (AvgIpc) is 3.22. The maximum atomic E-state index is 12.9. The van der Waals surface area contributed by atoms with E-state index in [9.17, 15) is 8.42 Å². The van der Waals surface area contributed by atoms with Crippen LogP contribution in [0.4, 0.5) is 0 Å². The van der Waals surface area contributed by atoms with Crippen molar-refractivity contribution in [3.05, 3.63) is 29.8 Å². The Morgan fingerprint density at radius 2 is 1.74 bits per heavy atom. The van der Waals surface area contributed by atoms with Crippen molar-refractivity contribution < 1.29 is 22.6 Å². The molecular weight excluding hydrogens is 318 g/mol. The van der Waals surface area contributed by atoms with Crippen molar-refractivity contribution in [3.63, 3.8) is 0 Å². The number of aryl methyl sites for hydroxylation is 1. The van der Waals surface area contributed by atoms with Gasteiger partial charge in [-0.15, -0.1) is 0 Å². The molecule has 2 fully saturated rings. The fraction of sp³-hybridized carbons (Fsp3) is 0.625. The predicted octanol–water partition coefficient (Wildman–Crippen LogP) is 1.54. The van der Waals surface area contributed by atoms with Crippen LogP contribution in [0.3, 0.4) is 0 Å². The van der Waals surface area contributed by atoms with Gasteiger partial charge in [0.2, 0.25) is 10.0 Å². The summed E-state index contributed by atoms with van der Waals surface area (Å²) < 4.78 is 43.8. The normalized spacial score (nSPS) is 26.6. The molecule has 0 spiro atoms. The van der Waals surface area contributed by atoms with Crippen LogP contribution in [0.25, 0.3) is 0 Å². The van der Waals surface area contributed by atoms with Crippen LogP contribution in [-0.4, -0.2) is 57.0 Å². The number of nitrogens with zero attached hydrogens (tertiary/aromatic N) is 1. The van der Waals surface area contributed by atoms with E-state index < -0.39 is 15.8 Å². The van der Waals surface area contributed by atoms with Crippen molar-refractivity contribution in [2.24, 2.45) is 0 Å². The third kappa shape index (κ3) is 4.10. The first-order valence-electron chi connectivity index (χ1n) is 7.76. The van der Waals surface area contributed by atoms with Crippen molar-refractivity contribution in [2.75, 3.05) is 26.3 Å². The minimum Gasteiger partial charge on any atom is -0.372 e. The van der Waals surface area contributed by atoms with Gasteiger partial charge in [0.25, 0.3) is 0 Å². The maximum absolute atomic E-state index is 12.9. The number of sulfonamides is 1. The van der Waals surface area contributed by atoms with Crippen LogP contribution in [0.1, 0.15) is 19.4 Å². The topological polar surface area (TPSA) is 68.4 Å². The molecule has 2 atom stereocenters. The zero-order valence-corrected chi connectivity index (χ0v) is 14.5. The summed E-state index contributed by atoms with van der Waals surface area (Å²) in [5, 5.41) is 0. The van der Waals surface area contributed by atoms with Crippen LogP contribution in [0, 0.1) is 6.92 Å². The molecule has 128 valence electrons. The third-order valence-corrected chi connectivity index (χ3v) is 5.79. The first kappa shape index (κ1) is 16.9. The number of rotatable bonds is 6. The lowest BCUT2D eigenvalue weighted by Gasteiger charge is -2.25. The smallest absolute Gasteiger partial charge is 0.243 e. The van der Waals surface area contributed by atoms with Gasteiger partial charge in [0.05, 0.1) is 30.3 Å². The van der Waals surface area contributed by atoms with Gasteiger partial charge in [-0.1, -0.05) is 17.7 Å². The Kier molecular flexibility index (Phi) is 4.50. The number of ether oxygens (including phenoxy) is 3. The van der Waals surface area contributed by atoms with Crippen molar-refractivity contribution in [1.29, 1.82) is 0 Å². The second-order valence-corrected chi connectivity index (χ2v) is 8.48. The minimum absolute atomic E-state index is 0.0226. The largest absolute Gasteiger partial charge is 0.372 e. The monoisotopic (exact) mass is 341 g/mol. The van der Waals surface area contributed by atoms with E-state index in [0.717, 1.165) is 5.56 Å². The Balaban J connectivity index is 1.78. The van der Waals surface area contributed by atoms with Crippen molar-refractivity contribution in [2.45, 2.75) is 43.7 Å². The van der Waals surface area contributed by atoms with Gasteiger partial charge in [0, 0.05) is 13.1 Å². The van der Waals surface area contributed by atoms with Gasteiger partial charge in [0.15, 0.2) is 5.79 Å². The lowest BCUT2D eigenvalue weighted by atomic mass is 10.2. The molecule has 0 aromatic heterocycles. The molecule has 1 aromatic carbocycles. The fourth-order valence-corrected chi connectivity index (χ4v) is 4.11. The summed E-state index contributed by atoms with van der Waals surface area (Å²) >= 11 is 0. The van der Waals surface area contributed by atoms with Crippen molar-refractivity contribution in [3.8, 4) is 0 Å². The molecule has 0 N–H and O–H groups in total. The highest BCUT2D eigenvalue weighted by Gasteiger charge is 2.38. The highest BCUT2D eigenvalue weighted by molar-refractivity contribution is 7.89. The predicted molar refractivity (Wildman–Crippen MR) is 84.6 cm³/mol. The SMILES string of the molecule is Cc1ccc(S(=O)(=O)N(C[C@@H]2CO2)C[C@H]2COC(C)(C)O2)cc1. The Morgan fingerprint density at radius 1 is 1.13 bits per heavy atom. The van der Waals surface area contributed by atoms with Gasteiger partial charge in [-0.3, -0.25) is 0 Å². The summed E-state index contributed by atoms with van der Waals surface area (Å²) in [5.41, 5.74) is 1.02. The van der Waals surface area contributed by atoms with Gasteiger partial charge in [0.1, 0.15) is 0 Å². The van der Waals surface area contributed by atoms with E-state index in [1.165, 1.54) is 4.31 Å². The summed E-state index contributed by atoms with van der Waals surface area (Å²) in [5.74, 6) is -0.667. The average molecular weight is 341 g/mol. The molecule has 7 heteroatoms. The van der Waals surface area contributed by atoms with E-state index in [-0.39, 0.29) is 18.8 Å². The maximum Gasteiger partial charge on any atom is 0.243 e. The van der Waals surface area contributed by atoms with E-state index in [4.69, 9.17) is 14.2 Å². The highest BCUT2D eigenvalue weighted by atomic mass is 32.2. The number of hydrogen-bond acceptors (Lipinski definition) is 5. The molecule has 0 radical (unpaired) electrons. The lowest BCUT2D eigenvalue weighted by molar-refractivity contribution is -0.139. The molecule has 23 heavy (non-hydrogen) atoms. The third-order valence-electron chi connectivity index (χ3n) is 3.94. The van der Waals surface area contributed by atoms with Crippen molar-refractivity contribution in [1.82, 2.24) is 4.31 Å². The standard InChI is InChI=1S/C16H23NO5S/c1-12-4-6-15(7-5-12)23(18,19)17(8-13-10-20-13)9-14-11-21-16(2,3)22-14/h4-7,13-14H,8-11H2,1-3H3/t13-,14+/m1/s1. The summed E-state index contributed by atoms with van der Waals surface area (Å²) in [7, 11) is -3.58. The van der Waals surface area contributed by atoms with Gasteiger partial charge in [-0.25, -0.2) is 8.42 Å². The summed E-state index contributed by atoms with van der Waals surface area (Å²) in [6.45, 7) is 7.19. The van der Waals surface area contributed by atoms with Crippen LogP contribution >= 0.6 is 0 Å². The molecule has 3 rings (SSSR count). The Bertz CT molecular complexity index is 652. The van der Waals surface area contributed by atoms with Crippen LogP contribution in [0.5, 0.6) is 0 Å². The van der Waals surface area contributed by atoms with E-state index in [1.54, 1.807) is 24.3 Å². The Hall–Kier alpha value is -0.990. The second-order valence-electron chi connectivity index (χ2n) is 6.54. The number of epoxide rings is 1. The molecule has 2 heterocycles. The number of hydrogen-bond donors (Lipinski definition) is 0. The number of benzene rings is 1. The Morgan fingerprint density at radius 3 is 2.26 bits per heavy atom. The molecule has 1 aromatic rings. The Labute approximate surface area is 137 Å². The molecule has 2 aliphatic heterocycles. The zero-order chi connectivity index (χ0) is 16.7. The van der Waals surface area contributed by atoms with Crippen LogP contribution in [-0.2, 0) is 24.2 Å². The molecular formula is C16H23NO5S. The van der Waals surface area contributed by atoms with Gasteiger partial charge < -0.3 is 14.2 Å². The molecule has 0 amide bonds. The van der Waals surface area contributed by atoms with Gasteiger partial charge in [-0.05, 0) is 32.9 Å². The first-order valence-corrected chi connectivity index (χ1v) is 9.20. The van der Waals surface area contributed by atoms with Crippen molar-refractivity contribution >= 4 is 10.0 Å². The fourth-order valence-electron chi connectivity index (χ4n) is 2.61. The second kappa shape index (κ2) is 6.14. The first-order chi connectivity index (χ1) is 10.8. The quantitative estimate of drug-likeness (QED) is 0.734. The van der Waals surface area contributed by atoms with E-state index >= 15 is 0 Å². The molecule has 2 saturated heterocycles. The van der Waals surface area contributed by atoms with Gasteiger partial charge >= 0.3 is 0 Å². The lowest BCUT2D eigenvalue weighted by Crippen LogP contribution is -2.41. The van der Waals surface area contributed by atoms with Crippen LogP contribution in [0.2, 0.25) is 0 Å². The minimum atomic E-state index is -3.58. The summed E-state index contributed by atoms with van der Waals surface area (Å²) in [4.78, 5) is 0.293. The van der Waals surface area contributed by atoms with Crippen LogP contribution < -0.4 is 0 Å². The highest BCUT2D eigenvalue weighted by Crippen LogP contribution is 2.26. The van der Waals surface area contributed by atoms with Gasteiger partial charge in [-0.2, -0.15) is 4.31 Å². The molecule has 0 saturated carbocycles. The summed E-state index contributed by atoms with van der Waals surface area (Å²) in [6, 6.07) is 6.89. The molecule has 0 aliphatic carbocycles. The van der Waals surface area contributed by atoms with E-state index in [2.05, 4.69) is 0 Å². The molecule has 0 bridgehead atoms. The summed E-state index contributed by atoms with van der Waals surface area (Å²) in [6.07, 6.45) is -0.297. The zero-order valence-electron chi connectivity index (χ0n) is 13.7. The van der Waals surface area contributed by atoms with Crippen LogP contribution in [0.15, 0.2) is 29.2 Å². The molecule has 2 aliphatic rings.